The number of anilines is 2. The molecule has 5 heteroatoms. The van der Waals surface area contributed by atoms with Crippen molar-refractivity contribution in [2.24, 2.45) is 0 Å². The van der Waals surface area contributed by atoms with Crippen LogP contribution in [-0.2, 0) is 4.74 Å². The molecule has 0 saturated carbocycles. The third kappa shape index (κ3) is 2.32. The largest absolute Gasteiger partial charge is 0.396 e. The first-order valence-corrected chi connectivity index (χ1v) is 5.77. The van der Waals surface area contributed by atoms with Crippen LogP contribution in [0.15, 0.2) is 12.1 Å². The van der Waals surface area contributed by atoms with E-state index in [1.54, 1.807) is 6.07 Å². The Hall–Kier alpha value is -1.80. The monoisotopic (exact) mass is 232 g/mol. The number of pyridine rings is 1. The second-order valence-electron chi connectivity index (χ2n) is 4.05. The lowest BCUT2D eigenvalue weighted by molar-refractivity contribution is 0.0926. The summed E-state index contributed by atoms with van der Waals surface area (Å²) in [7, 11) is 0. The minimum absolute atomic E-state index is 0.295. The van der Waals surface area contributed by atoms with Crippen molar-refractivity contribution in [1.29, 1.82) is 5.26 Å². The fourth-order valence-electron chi connectivity index (χ4n) is 2.00. The number of hydrogen-bond donors (Lipinski definition) is 1. The van der Waals surface area contributed by atoms with E-state index in [1.165, 1.54) is 0 Å². The topological polar surface area (TPSA) is 75.2 Å². The van der Waals surface area contributed by atoms with Gasteiger partial charge in [0.15, 0.2) is 5.69 Å². The Balaban J connectivity index is 2.29. The summed E-state index contributed by atoms with van der Waals surface area (Å²) in [5.74, 6) is 0.811. The summed E-state index contributed by atoms with van der Waals surface area (Å²) in [6.07, 6.45) is 0.994. The van der Waals surface area contributed by atoms with Crippen LogP contribution in [0.2, 0.25) is 0 Å². The molecule has 0 spiro atoms. The summed E-state index contributed by atoms with van der Waals surface area (Å²) >= 11 is 0. The molecule has 1 aromatic heterocycles. The summed E-state index contributed by atoms with van der Waals surface area (Å²) in [6.45, 7) is 4.34. The van der Waals surface area contributed by atoms with Crippen LogP contribution in [0.5, 0.6) is 0 Å². The number of nitriles is 1. The van der Waals surface area contributed by atoms with Gasteiger partial charge in [-0.25, -0.2) is 4.98 Å². The van der Waals surface area contributed by atoms with E-state index in [1.807, 2.05) is 12.1 Å². The van der Waals surface area contributed by atoms with E-state index in [-0.39, 0.29) is 0 Å². The summed E-state index contributed by atoms with van der Waals surface area (Å²) in [6, 6.07) is 5.94. The van der Waals surface area contributed by atoms with Gasteiger partial charge in [0, 0.05) is 6.54 Å². The molecule has 1 fully saturated rings. The Bertz CT molecular complexity index is 441. The molecule has 0 radical (unpaired) electrons. The maximum absolute atomic E-state index is 8.93. The van der Waals surface area contributed by atoms with Gasteiger partial charge in [0.2, 0.25) is 0 Å². The van der Waals surface area contributed by atoms with Crippen LogP contribution in [0.3, 0.4) is 0 Å². The van der Waals surface area contributed by atoms with Crippen molar-refractivity contribution in [2.45, 2.75) is 19.4 Å². The van der Waals surface area contributed by atoms with Gasteiger partial charge < -0.3 is 15.4 Å². The standard InChI is InChI=1S/C12H16N4O/c1-2-9-8-17-6-5-16(9)12-4-3-10(14)11(7-13)15-12/h3-4,9H,2,5-6,8,14H2,1H3. The first-order chi connectivity index (χ1) is 8.26. The summed E-state index contributed by atoms with van der Waals surface area (Å²) in [5.41, 5.74) is 6.39. The minimum Gasteiger partial charge on any atom is -0.396 e. The average Bonchev–Trinajstić information content (AvgIpc) is 2.39. The Kier molecular flexibility index (Phi) is 3.45. The average molecular weight is 232 g/mol. The molecule has 0 bridgehead atoms. The van der Waals surface area contributed by atoms with Gasteiger partial charge in [-0.15, -0.1) is 0 Å². The molecule has 0 amide bonds. The number of nitrogens with zero attached hydrogens (tertiary/aromatic N) is 3. The molecule has 5 nitrogen and oxygen atoms in total. The minimum atomic E-state index is 0.295. The molecule has 1 atom stereocenters. The smallest absolute Gasteiger partial charge is 0.165 e. The number of ether oxygens (including phenoxy) is 1. The SMILES string of the molecule is CCC1COCCN1c1ccc(N)c(C#N)n1. The van der Waals surface area contributed by atoms with Gasteiger partial charge in [-0.05, 0) is 18.6 Å². The highest BCUT2D eigenvalue weighted by atomic mass is 16.5. The van der Waals surface area contributed by atoms with Gasteiger partial charge in [0.1, 0.15) is 11.9 Å². The Morgan fingerprint density at radius 1 is 1.65 bits per heavy atom. The van der Waals surface area contributed by atoms with Crippen molar-refractivity contribution in [1.82, 2.24) is 4.98 Å². The maximum Gasteiger partial charge on any atom is 0.165 e. The molecule has 2 rings (SSSR count). The molecular formula is C12H16N4O. The number of aromatic nitrogens is 1. The molecule has 1 saturated heterocycles. The Morgan fingerprint density at radius 3 is 3.18 bits per heavy atom. The summed E-state index contributed by atoms with van der Waals surface area (Å²) < 4.78 is 5.45. The quantitative estimate of drug-likeness (QED) is 0.827. The lowest BCUT2D eigenvalue weighted by Gasteiger charge is -2.36. The molecule has 1 aromatic rings. The molecule has 1 unspecified atom stereocenters. The van der Waals surface area contributed by atoms with E-state index in [0.717, 1.165) is 18.8 Å². The number of nitrogens with two attached hydrogens (primary N) is 1. The van der Waals surface area contributed by atoms with Crippen LogP contribution in [0.1, 0.15) is 19.0 Å². The van der Waals surface area contributed by atoms with Crippen molar-refractivity contribution >= 4 is 11.5 Å². The molecule has 2 N–H and O–H groups in total. The zero-order chi connectivity index (χ0) is 12.3. The highest BCUT2D eigenvalue weighted by Crippen LogP contribution is 2.21. The normalized spacial score (nSPS) is 20.0. The molecule has 0 aliphatic carbocycles. The van der Waals surface area contributed by atoms with Crippen molar-refractivity contribution in [3.63, 3.8) is 0 Å². The van der Waals surface area contributed by atoms with Crippen LogP contribution in [0.4, 0.5) is 11.5 Å². The Labute approximate surface area is 101 Å². The fourth-order valence-corrected chi connectivity index (χ4v) is 2.00. The lowest BCUT2D eigenvalue weighted by atomic mass is 10.1. The number of morpholine rings is 1. The van der Waals surface area contributed by atoms with E-state index in [4.69, 9.17) is 15.7 Å². The van der Waals surface area contributed by atoms with Crippen molar-refractivity contribution in [2.75, 3.05) is 30.4 Å². The lowest BCUT2D eigenvalue weighted by Crippen LogP contribution is -2.45. The van der Waals surface area contributed by atoms with Gasteiger partial charge in [0.05, 0.1) is 24.9 Å². The molecule has 0 aromatic carbocycles. The maximum atomic E-state index is 8.93. The van der Waals surface area contributed by atoms with Crippen molar-refractivity contribution in [3.8, 4) is 6.07 Å². The summed E-state index contributed by atoms with van der Waals surface area (Å²) in [5, 5.41) is 8.93. The second-order valence-corrected chi connectivity index (χ2v) is 4.05. The van der Waals surface area contributed by atoms with Gasteiger partial charge in [-0.2, -0.15) is 5.26 Å². The fraction of sp³-hybridized carbons (Fsp3) is 0.500. The molecule has 1 aliphatic rings. The van der Waals surface area contributed by atoms with Gasteiger partial charge in [0.25, 0.3) is 0 Å². The predicted octanol–water partition coefficient (Wildman–Crippen LogP) is 1.15. The number of nitrogen functional groups attached to an aromatic ring is 1. The number of hydrogen-bond acceptors (Lipinski definition) is 5. The van der Waals surface area contributed by atoms with Crippen LogP contribution in [-0.4, -0.2) is 30.8 Å². The second kappa shape index (κ2) is 5.02. The molecule has 90 valence electrons. The highest BCUT2D eigenvalue weighted by molar-refractivity contribution is 5.55. The molecule has 1 aliphatic heterocycles. The molecular weight excluding hydrogens is 216 g/mol. The van der Waals surface area contributed by atoms with Gasteiger partial charge >= 0.3 is 0 Å². The van der Waals surface area contributed by atoms with Crippen LogP contribution < -0.4 is 10.6 Å². The van der Waals surface area contributed by atoms with Gasteiger partial charge in [-0.3, -0.25) is 0 Å². The predicted molar refractivity (Wildman–Crippen MR) is 65.6 cm³/mol. The van der Waals surface area contributed by atoms with E-state index >= 15 is 0 Å². The van der Waals surface area contributed by atoms with Crippen LogP contribution >= 0.6 is 0 Å². The van der Waals surface area contributed by atoms with E-state index in [9.17, 15) is 0 Å². The summed E-state index contributed by atoms with van der Waals surface area (Å²) in [4.78, 5) is 6.48. The first kappa shape index (κ1) is 11.7. The van der Waals surface area contributed by atoms with E-state index in [2.05, 4.69) is 16.8 Å². The van der Waals surface area contributed by atoms with Crippen LogP contribution in [0, 0.1) is 11.3 Å². The highest BCUT2D eigenvalue weighted by Gasteiger charge is 2.23. The van der Waals surface area contributed by atoms with E-state index in [0.29, 0.717) is 30.6 Å². The third-order valence-corrected chi connectivity index (χ3v) is 3.01. The van der Waals surface area contributed by atoms with E-state index < -0.39 is 0 Å². The van der Waals surface area contributed by atoms with Gasteiger partial charge in [-0.1, -0.05) is 6.92 Å². The number of rotatable bonds is 2. The Morgan fingerprint density at radius 2 is 2.47 bits per heavy atom. The third-order valence-electron chi connectivity index (χ3n) is 3.01. The van der Waals surface area contributed by atoms with Crippen LogP contribution in [0.25, 0.3) is 0 Å². The van der Waals surface area contributed by atoms with Crippen molar-refractivity contribution < 1.29 is 4.74 Å². The zero-order valence-corrected chi connectivity index (χ0v) is 9.89. The zero-order valence-electron chi connectivity index (χ0n) is 9.89. The molecule has 2 heterocycles. The first-order valence-electron chi connectivity index (χ1n) is 5.77. The molecule has 17 heavy (non-hydrogen) atoms. The van der Waals surface area contributed by atoms with Crippen molar-refractivity contribution in [3.05, 3.63) is 17.8 Å².